The van der Waals surface area contributed by atoms with Crippen LogP contribution in [0.15, 0.2) is 48.5 Å². The number of ether oxygens (including phenoxy) is 1. The lowest BCUT2D eigenvalue weighted by Crippen LogP contribution is -2.18. The van der Waals surface area contributed by atoms with Crippen LogP contribution in [0.2, 0.25) is 0 Å². The van der Waals surface area contributed by atoms with Gasteiger partial charge in [0.2, 0.25) is 0 Å². The number of benzene rings is 2. The topological polar surface area (TPSA) is 69.4 Å². The van der Waals surface area contributed by atoms with Crippen LogP contribution in [0.3, 0.4) is 0 Å². The van der Waals surface area contributed by atoms with E-state index in [0.29, 0.717) is 34.6 Å². The van der Waals surface area contributed by atoms with E-state index >= 15 is 0 Å². The average molecular weight is 373 g/mol. The molecular weight excluding hydrogens is 345 g/mol. The van der Waals surface area contributed by atoms with Crippen molar-refractivity contribution in [2.75, 3.05) is 18.1 Å². The lowest BCUT2D eigenvalue weighted by atomic mass is 10.2. The van der Waals surface area contributed by atoms with E-state index < -0.39 is 13.1 Å². The molecule has 0 radical (unpaired) electrons. The van der Waals surface area contributed by atoms with Gasteiger partial charge in [-0.1, -0.05) is 44.9 Å². The molecule has 0 spiro atoms. The second kappa shape index (κ2) is 9.59. The molecule has 0 aromatic heterocycles. The number of esters is 1. The fourth-order valence-electron chi connectivity index (χ4n) is 2.88. The fourth-order valence-corrected chi connectivity index (χ4v) is 6.12. The third-order valence-corrected chi connectivity index (χ3v) is 7.70. The van der Waals surface area contributed by atoms with Gasteiger partial charge in [-0.3, -0.25) is 0 Å². The van der Waals surface area contributed by atoms with Gasteiger partial charge in [0.1, 0.15) is 12.9 Å². The summed E-state index contributed by atoms with van der Waals surface area (Å²) in [4.78, 5) is 12.5. The number of rotatable bonds is 9. The van der Waals surface area contributed by atoms with E-state index in [0.717, 1.165) is 25.7 Å². The van der Waals surface area contributed by atoms with Crippen molar-refractivity contribution in [2.45, 2.75) is 39.5 Å². The van der Waals surface area contributed by atoms with Crippen LogP contribution in [0.25, 0.3) is 0 Å². The van der Waals surface area contributed by atoms with E-state index in [1.165, 1.54) is 0 Å². The van der Waals surface area contributed by atoms with Crippen molar-refractivity contribution in [3.05, 3.63) is 54.1 Å². The molecule has 2 aromatic carbocycles. The Morgan fingerprint density at radius 3 is 2.27 bits per heavy atom. The largest absolute Gasteiger partial charge is 0.422 e. The van der Waals surface area contributed by atoms with E-state index in [1.807, 2.05) is 12.1 Å². The standard InChI is InChI=1S/C21H28NO3P/c1-3-5-14-26(24,15-6-4-2)20-13-8-7-12-19(20)25-21(23)17-10-9-11-18(22)16-17/h7-13,16H,3-6,14-15,22H2,1-2H3. The summed E-state index contributed by atoms with van der Waals surface area (Å²) in [7, 11) is -2.60. The zero-order chi connectivity index (χ0) is 19.0. The monoisotopic (exact) mass is 373 g/mol. The summed E-state index contributed by atoms with van der Waals surface area (Å²) in [5, 5.41) is 0.680. The first-order valence-corrected chi connectivity index (χ1v) is 11.3. The molecule has 4 nitrogen and oxygen atoms in total. The van der Waals surface area contributed by atoms with Crippen molar-refractivity contribution in [3.8, 4) is 5.75 Å². The quantitative estimate of drug-likeness (QED) is 0.288. The molecule has 0 heterocycles. The number of unbranched alkanes of at least 4 members (excludes halogenated alkanes) is 2. The molecule has 5 heteroatoms. The third kappa shape index (κ3) is 5.22. The lowest BCUT2D eigenvalue weighted by Gasteiger charge is -2.21. The molecule has 140 valence electrons. The Morgan fingerprint density at radius 2 is 1.65 bits per heavy atom. The van der Waals surface area contributed by atoms with Gasteiger partial charge in [-0.2, -0.15) is 0 Å². The van der Waals surface area contributed by atoms with Crippen LogP contribution in [-0.2, 0) is 4.57 Å². The summed E-state index contributed by atoms with van der Waals surface area (Å²) in [6, 6.07) is 13.9. The molecule has 0 unspecified atom stereocenters. The first-order valence-electron chi connectivity index (χ1n) is 9.25. The highest BCUT2D eigenvalue weighted by Crippen LogP contribution is 2.48. The second-order valence-corrected chi connectivity index (χ2v) is 9.68. The van der Waals surface area contributed by atoms with Crippen LogP contribution < -0.4 is 15.8 Å². The molecule has 2 rings (SSSR count). The van der Waals surface area contributed by atoms with Crippen LogP contribution in [-0.4, -0.2) is 18.3 Å². The Kier molecular flexibility index (Phi) is 7.47. The van der Waals surface area contributed by atoms with Crippen LogP contribution >= 0.6 is 7.14 Å². The highest BCUT2D eigenvalue weighted by molar-refractivity contribution is 7.71. The number of anilines is 1. The molecular formula is C21H28NO3P. The van der Waals surface area contributed by atoms with Crippen LogP contribution in [0.1, 0.15) is 49.9 Å². The number of carbonyl (C=O) groups is 1. The Labute approximate surface area is 156 Å². The first-order chi connectivity index (χ1) is 12.5. The van der Waals surface area contributed by atoms with Crippen molar-refractivity contribution < 1.29 is 14.1 Å². The van der Waals surface area contributed by atoms with Gasteiger partial charge in [-0.25, -0.2) is 4.79 Å². The SMILES string of the molecule is CCCCP(=O)(CCCC)c1ccccc1OC(=O)c1cccc(N)c1. The van der Waals surface area contributed by atoms with E-state index in [4.69, 9.17) is 10.5 Å². The summed E-state index contributed by atoms with van der Waals surface area (Å²) < 4.78 is 19.3. The normalized spacial score (nSPS) is 11.3. The minimum Gasteiger partial charge on any atom is -0.422 e. The Morgan fingerprint density at radius 1 is 1.00 bits per heavy atom. The average Bonchev–Trinajstić information content (AvgIpc) is 2.65. The second-order valence-electron chi connectivity index (χ2n) is 6.53. The maximum atomic E-state index is 13.7. The maximum absolute atomic E-state index is 13.7. The minimum atomic E-state index is -2.60. The molecule has 0 atom stereocenters. The van der Waals surface area contributed by atoms with E-state index in [9.17, 15) is 9.36 Å². The third-order valence-electron chi connectivity index (χ3n) is 4.38. The van der Waals surface area contributed by atoms with Crippen molar-refractivity contribution in [1.82, 2.24) is 0 Å². The molecule has 0 bridgehead atoms. The van der Waals surface area contributed by atoms with Gasteiger partial charge in [0.25, 0.3) is 0 Å². The van der Waals surface area contributed by atoms with E-state index in [-0.39, 0.29) is 0 Å². The van der Waals surface area contributed by atoms with E-state index in [2.05, 4.69) is 13.8 Å². The van der Waals surface area contributed by atoms with Gasteiger partial charge in [-0.15, -0.1) is 0 Å². The predicted octanol–water partition coefficient (Wildman–Crippen LogP) is 5.08. The summed E-state index contributed by atoms with van der Waals surface area (Å²) in [5.74, 6) is -0.0854. The fraction of sp³-hybridized carbons (Fsp3) is 0.381. The highest BCUT2D eigenvalue weighted by Gasteiger charge is 2.28. The summed E-state index contributed by atoms with van der Waals surface area (Å²) >= 11 is 0. The highest BCUT2D eigenvalue weighted by atomic mass is 31.2. The lowest BCUT2D eigenvalue weighted by molar-refractivity contribution is 0.0736. The number of para-hydroxylation sites is 1. The molecule has 0 aliphatic heterocycles. The van der Waals surface area contributed by atoms with Crippen molar-refractivity contribution in [3.63, 3.8) is 0 Å². The number of nitrogens with two attached hydrogens (primary N) is 1. The number of carbonyl (C=O) groups excluding carboxylic acids is 1. The molecule has 0 aliphatic carbocycles. The van der Waals surface area contributed by atoms with Gasteiger partial charge in [0.15, 0.2) is 0 Å². The van der Waals surface area contributed by atoms with E-state index in [1.54, 1.807) is 36.4 Å². The number of nitrogen functional groups attached to an aromatic ring is 1. The van der Waals surface area contributed by atoms with Crippen molar-refractivity contribution in [1.29, 1.82) is 0 Å². The Bertz CT molecular complexity index is 776. The van der Waals surface area contributed by atoms with Gasteiger partial charge in [-0.05, 0) is 43.2 Å². The molecule has 0 saturated carbocycles. The van der Waals surface area contributed by atoms with Gasteiger partial charge in [0.05, 0.1) is 10.9 Å². The van der Waals surface area contributed by atoms with Crippen LogP contribution in [0.5, 0.6) is 5.75 Å². The summed E-state index contributed by atoms with van der Waals surface area (Å²) in [5.41, 5.74) is 6.64. The van der Waals surface area contributed by atoms with Gasteiger partial charge >= 0.3 is 5.97 Å². The maximum Gasteiger partial charge on any atom is 0.343 e. The van der Waals surface area contributed by atoms with Gasteiger partial charge < -0.3 is 15.0 Å². The smallest absolute Gasteiger partial charge is 0.343 e. The predicted molar refractivity (Wildman–Crippen MR) is 109 cm³/mol. The molecule has 0 amide bonds. The Hall–Kier alpha value is -2.06. The Balaban J connectivity index is 2.32. The number of hydrogen-bond donors (Lipinski definition) is 1. The molecule has 2 aromatic rings. The first kappa shape index (κ1) is 20.3. The summed E-state index contributed by atoms with van der Waals surface area (Å²) in [6.07, 6.45) is 5.08. The van der Waals surface area contributed by atoms with Crippen molar-refractivity contribution >= 4 is 24.1 Å². The van der Waals surface area contributed by atoms with Crippen molar-refractivity contribution in [2.24, 2.45) is 0 Å². The summed E-state index contributed by atoms with van der Waals surface area (Å²) in [6.45, 7) is 4.19. The zero-order valence-electron chi connectivity index (χ0n) is 15.6. The number of hydrogen-bond acceptors (Lipinski definition) is 4. The molecule has 2 N–H and O–H groups in total. The molecule has 0 fully saturated rings. The van der Waals surface area contributed by atoms with Crippen LogP contribution in [0, 0.1) is 0 Å². The van der Waals surface area contributed by atoms with Gasteiger partial charge in [0, 0.05) is 18.0 Å². The molecule has 0 aliphatic rings. The molecule has 26 heavy (non-hydrogen) atoms. The minimum absolute atomic E-state index is 0.386. The molecule has 0 saturated heterocycles. The zero-order valence-corrected chi connectivity index (χ0v) is 16.5. The van der Waals surface area contributed by atoms with Crippen LogP contribution in [0.4, 0.5) is 5.69 Å².